The Hall–Kier alpha value is -0.791. The van der Waals surface area contributed by atoms with Crippen molar-refractivity contribution in [2.24, 2.45) is 4.99 Å². The van der Waals surface area contributed by atoms with E-state index in [1.54, 1.807) is 0 Å². The van der Waals surface area contributed by atoms with Crippen molar-refractivity contribution in [1.29, 1.82) is 0 Å². The summed E-state index contributed by atoms with van der Waals surface area (Å²) in [5.41, 5.74) is 0. The number of rotatable bonds is 5. The summed E-state index contributed by atoms with van der Waals surface area (Å²) in [5, 5.41) is 3.43. The van der Waals surface area contributed by atoms with Crippen LogP contribution in [0.1, 0.15) is 19.8 Å². The zero-order valence-electron chi connectivity index (χ0n) is 9.65. The first-order valence-corrected chi connectivity index (χ1v) is 7.74. The molecule has 1 aliphatic rings. The number of hydrogen-bond donors (Lipinski definition) is 1. The predicted octanol–water partition coefficient (Wildman–Crippen LogP) is 1.61. The van der Waals surface area contributed by atoms with E-state index in [9.17, 15) is 0 Å². The van der Waals surface area contributed by atoms with Crippen molar-refractivity contribution < 1.29 is 0 Å². The van der Waals surface area contributed by atoms with Crippen molar-refractivity contribution in [2.75, 3.05) is 13.1 Å². The third-order valence-corrected chi connectivity index (χ3v) is 5.28. The molecule has 0 bridgehead atoms. The average molecular weight is 281 g/mol. The van der Waals surface area contributed by atoms with Crippen molar-refractivity contribution in [3.05, 3.63) is 30.3 Å². The Morgan fingerprint density at radius 1 is 1.38 bits per heavy atom. The number of benzene rings is 1. The van der Waals surface area contributed by atoms with E-state index < -0.39 is 0 Å². The van der Waals surface area contributed by atoms with Crippen LogP contribution < -0.4 is 9.78 Å². The van der Waals surface area contributed by atoms with Crippen molar-refractivity contribution in [3.63, 3.8) is 0 Å². The molecule has 1 N–H and O–H groups in total. The molecule has 2 rings (SSSR count). The Bertz CT molecular complexity index is 348. The van der Waals surface area contributed by atoms with Gasteiger partial charge in [0.1, 0.15) is 0 Å². The molecule has 1 aromatic rings. The molecule has 1 atom stereocenters. The molecule has 0 saturated heterocycles. The van der Waals surface area contributed by atoms with Crippen molar-refractivity contribution >= 4 is 25.3 Å². The van der Waals surface area contributed by atoms with E-state index >= 15 is 0 Å². The van der Waals surface area contributed by atoms with E-state index in [0.717, 1.165) is 13.1 Å². The fourth-order valence-electron chi connectivity index (χ4n) is 1.81. The Balaban J connectivity index is 2.02. The van der Waals surface area contributed by atoms with Gasteiger partial charge in [0.15, 0.2) is 0 Å². The summed E-state index contributed by atoms with van der Waals surface area (Å²) in [4.78, 5) is 5.21. The molecule has 1 aliphatic heterocycles. The molecule has 2 nitrogen and oxygen atoms in total. The van der Waals surface area contributed by atoms with Crippen LogP contribution in [0.3, 0.4) is 0 Å². The van der Waals surface area contributed by atoms with E-state index in [-0.39, 0.29) is 0 Å². The monoisotopic (exact) mass is 282 g/mol. The fraction of sp³-hybridized carbons (Fsp3) is 0.462. The van der Waals surface area contributed by atoms with Crippen LogP contribution in [0.25, 0.3) is 0 Å². The Kier molecular flexibility index (Phi) is 4.43. The number of hydrogen-bond acceptors (Lipinski definition) is 2. The molecule has 0 aromatic heterocycles. The van der Waals surface area contributed by atoms with E-state index in [2.05, 4.69) is 47.6 Å². The maximum absolute atomic E-state index is 4.57. The summed E-state index contributed by atoms with van der Waals surface area (Å²) in [5.74, 6) is 1.26. The summed E-state index contributed by atoms with van der Waals surface area (Å²) in [6, 6.07) is 10.8. The van der Waals surface area contributed by atoms with Gasteiger partial charge in [-0.15, -0.1) is 0 Å². The topological polar surface area (TPSA) is 24.4 Å². The van der Waals surface area contributed by atoms with Crippen molar-refractivity contribution in [3.8, 4) is 0 Å². The third kappa shape index (κ3) is 3.10. The van der Waals surface area contributed by atoms with Gasteiger partial charge in [-0.1, -0.05) is 0 Å². The number of nitrogens with one attached hydrogen (secondary N) is 1. The summed E-state index contributed by atoms with van der Waals surface area (Å²) in [6.45, 7) is 4.24. The molecule has 1 unspecified atom stereocenters. The summed E-state index contributed by atoms with van der Waals surface area (Å²) in [6.07, 6.45) is 2.49. The van der Waals surface area contributed by atoms with E-state index in [1.165, 1.54) is 23.1 Å². The van der Waals surface area contributed by atoms with Gasteiger partial charge in [0.2, 0.25) is 0 Å². The fourth-order valence-corrected chi connectivity index (χ4v) is 4.46. The molecular formula is C13H18N2Se. The summed E-state index contributed by atoms with van der Waals surface area (Å²) in [7, 11) is 0. The molecule has 0 amide bonds. The molecule has 16 heavy (non-hydrogen) atoms. The molecule has 3 heteroatoms. The number of nitrogens with zero attached hydrogens (tertiary/aromatic N) is 1. The number of aliphatic imine (C=N–C) groups is 1. The van der Waals surface area contributed by atoms with Crippen LogP contribution in [0, 0.1) is 0 Å². The molecule has 1 aromatic carbocycles. The standard InChI is InChI=1S/C13H18N2Se/c1-2-6-12(13-14-9-10-15-13)16-11-7-4-3-5-8-11/h3-5,7-8,12H,2,6,9-10H2,1H3,(H,14,15). The summed E-state index contributed by atoms with van der Waals surface area (Å²) >= 11 is 0.507. The van der Waals surface area contributed by atoms with E-state index in [4.69, 9.17) is 0 Å². The molecule has 0 spiro atoms. The molecule has 0 aliphatic carbocycles. The van der Waals surface area contributed by atoms with E-state index in [1.807, 2.05) is 0 Å². The van der Waals surface area contributed by atoms with Gasteiger partial charge in [-0.3, -0.25) is 0 Å². The quantitative estimate of drug-likeness (QED) is 0.815. The molecular weight excluding hydrogens is 263 g/mol. The first-order valence-electron chi connectivity index (χ1n) is 5.90. The molecule has 0 saturated carbocycles. The second-order valence-corrected chi connectivity index (χ2v) is 6.58. The van der Waals surface area contributed by atoms with Crippen molar-refractivity contribution in [1.82, 2.24) is 5.32 Å². The normalized spacial score (nSPS) is 16.7. The second-order valence-electron chi connectivity index (χ2n) is 3.90. The first-order chi connectivity index (χ1) is 7.90. The first kappa shape index (κ1) is 11.7. The zero-order valence-corrected chi connectivity index (χ0v) is 11.4. The van der Waals surface area contributed by atoms with Gasteiger partial charge in [0, 0.05) is 0 Å². The van der Waals surface area contributed by atoms with E-state index in [0.29, 0.717) is 19.8 Å². The van der Waals surface area contributed by atoms with Gasteiger partial charge in [-0.25, -0.2) is 0 Å². The van der Waals surface area contributed by atoms with Gasteiger partial charge in [0.25, 0.3) is 0 Å². The second kappa shape index (κ2) is 6.07. The average Bonchev–Trinajstić information content (AvgIpc) is 2.83. The molecule has 0 fully saturated rings. The Morgan fingerprint density at radius 2 is 2.19 bits per heavy atom. The Morgan fingerprint density at radius 3 is 2.81 bits per heavy atom. The van der Waals surface area contributed by atoms with Crippen molar-refractivity contribution in [2.45, 2.75) is 24.6 Å². The van der Waals surface area contributed by atoms with Crippen LogP contribution in [-0.4, -0.2) is 33.9 Å². The van der Waals surface area contributed by atoms with Crippen LogP contribution in [0.15, 0.2) is 35.3 Å². The maximum atomic E-state index is 4.57. The minimum atomic E-state index is 0.507. The van der Waals surface area contributed by atoms with Crippen LogP contribution in [0.4, 0.5) is 0 Å². The Labute approximate surface area is 104 Å². The van der Waals surface area contributed by atoms with Crippen LogP contribution >= 0.6 is 0 Å². The van der Waals surface area contributed by atoms with Gasteiger partial charge < -0.3 is 0 Å². The molecule has 1 heterocycles. The minimum absolute atomic E-state index is 0.507. The van der Waals surface area contributed by atoms with Gasteiger partial charge >= 0.3 is 104 Å². The molecule has 86 valence electrons. The van der Waals surface area contributed by atoms with Crippen LogP contribution in [0.5, 0.6) is 0 Å². The van der Waals surface area contributed by atoms with Gasteiger partial charge in [-0.05, 0) is 0 Å². The third-order valence-electron chi connectivity index (χ3n) is 2.58. The SMILES string of the molecule is CCCC([Se]c1ccccc1)C1=NCCN1. The summed E-state index contributed by atoms with van der Waals surface area (Å²) < 4.78 is 1.48. The van der Waals surface area contributed by atoms with Crippen LogP contribution in [-0.2, 0) is 0 Å². The molecule has 0 radical (unpaired) electrons. The van der Waals surface area contributed by atoms with Gasteiger partial charge in [0.05, 0.1) is 0 Å². The number of amidine groups is 1. The predicted molar refractivity (Wildman–Crippen MR) is 70.8 cm³/mol. The van der Waals surface area contributed by atoms with Crippen LogP contribution in [0.2, 0.25) is 4.82 Å². The zero-order chi connectivity index (χ0) is 11.2. The van der Waals surface area contributed by atoms with Gasteiger partial charge in [-0.2, -0.15) is 0 Å².